The minimum absolute atomic E-state index is 0.0243. The van der Waals surface area contributed by atoms with Gasteiger partial charge in [0.1, 0.15) is 5.65 Å². The summed E-state index contributed by atoms with van der Waals surface area (Å²) in [6.45, 7) is 1.68. The van der Waals surface area contributed by atoms with E-state index < -0.39 is 28.9 Å². The van der Waals surface area contributed by atoms with Gasteiger partial charge in [-0.1, -0.05) is 18.2 Å². The Kier molecular flexibility index (Phi) is 5.27. The summed E-state index contributed by atoms with van der Waals surface area (Å²) in [7, 11) is 1.36. The fourth-order valence-electron chi connectivity index (χ4n) is 3.06. The Morgan fingerprint density at radius 1 is 1.24 bits per heavy atom. The number of hydrogen-bond acceptors (Lipinski definition) is 4. The number of alkyl halides is 3. The molecule has 0 aliphatic carbocycles. The minimum atomic E-state index is -4.54. The van der Waals surface area contributed by atoms with Crippen LogP contribution in [0, 0.1) is 0 Å². The van der Waals surface area contributed by atoms with Gasteiger partial charge < -0.3 is 4.90 Å². The number of hydrogen-bond donors (Lipinski definition) is 1. The molecule has 29 heavy (non-hydrogen) atoms. The van der Waals surface area contributed by atoms with Gasteiger partial charge in [0, 0.05) is 26.3 Å². The first-order valence-electron chi connectivity index (χ1n) is 8.67. The predicted molar refractivity (Wildman–Crippen MR) is 99.5 cm³/mol. The van der Waals surface area contributed by atoms with Gasteiger partial charge >= 0.3 is 11.9 Å². The smallest absolute Gasteiger partial charge is 0.337 e. The molecule has 0 aliphatic heterocycles. The van der Waals surface area contributed by atoms with E-state index in [1.54, 1.807) is 6.92 Å². The second-order valence-electron chi connectivity index (χ2n) is 6.41. The van der Waals surface area contributed by atoms with Crippen LogP contribution in [0.15, 0.2) is 46.1 Å². The van der Waals surface area contributed by atoms with Crippen LogP contribution >= 0.6 is 0 Å². The molecule has 0 unspecified atom stereocenters. The summed E-state index contributed by atoms with van der Waals surface area (Å²) in [5, 5.41) is 0.0430. The number of carbonyl (C=O) groups is 1. The molecular weight excluding hydrogens is 389 g/mol. The van der Waals surface area contributed by atoms with Crippen LogP contribution in [0.3, 0.4) is 0 Å². The zero-order valence-electron chi connectivity index (χ0n) is 15.6. The summed E-state index contributed by atoms with van der Waals surface area (Å²) in [6, 6.07) is 6.27. The van der Waals surface area contributed by atoms with Crippen LogP contribution in [-0.2, 0) is 19.3 Å². The van der Waals surface area contributed by atoms with Crippen molar-refractivity contribution in [1.82, 2.24) is 19.4 Å². The van der Waals surface area contributed by atoms with Crippen molar-refractivity contribution in [2.75, 3.05) is 7.05 Å². The number of amides is 1. The Balaban J connectivity index is 1.96. The first-order valence-corrected chi connectivity index (χ1v) is 8.67. The Morgan fingerprint density at radius 2 is 1.93 bits per heavy atom. The third-order valence-electron chi connectivity index (χ3n) is 4.47. The normalized spacial score (nSPS) is 11.6. The number of benzene rings is 1. The number of pyridine rings is 1. The molecule has 0 saturated carbocycles. The number of nitrogens with zero attached hydrogens (tertiary/aromatic N) is 3. The third kappa shape index (κ3) is 3.91. The van der Waals surface area contributed by atoms with Crippen LogP contribution in [0.25, 0.3) is 11.0 Å². The lowest BCUT2D eigenvalue weighted by Crippen LogP contribution is -2.31. The second kappa shape index (κ2) is 7.53. The van der Waals surface area contributed by atoms with Crippen molar-refractivity contribution in [3.05, 3.63) is 74.1 Å². The van der Waals surface area contributed by atoms with Crippen LogP contribution in [0.4, 0.5) is 13.2 Å². The molecule has 1 aromatic carbocycles. The number of rotatable bonds is 4. The molecule has 0 atom stereocenters. The molecule has 3 rings (SSSR count). The van der Waals surface area contributed by atoms with Gasteiger partial charge in [-0.2, -0.15) is 13.2 Å². The van der Waals surface area contributed by atoms with Gasteiger partial charge in [-0.3, -0.25) is 19.1 Å². The number of aryl methyl sites for hydroxylation is 1. The van der Waals surface area contributed by atoms with Gasteiger partial charge in [0.05, 0.1) is 16.5 Å². The average molecular weight is 406 g/mol. The molecular formula is C19H17F3N4O3. The highest BCUT2D eigenvalue weighted by atomic mass is 19.4. The van der Waals surface area contributed by atoms with E-state index in [9.17, 15) is 27.6 Å². The van der Waals surface area contributed by atoms with E-state index in [2.05, 4.69) is 9.97 Å². The zero-order chi connectivity index (χ0) is 21.3. The van der Waals surface area contributed by atoms with Crippen LogP contribution in [0.5, 0.6) is 0 Å². The van der Waals surface area contributed by atoms with E-state index >= 15 is 0 Å². The van der Waals surface area contributed by atoms with E-state index in [0.29, 0.717) is 0 Å². The standard InChI is InChI=1S/C19H17F3N4O3/c1-3-26-15-13(16(27)24-18(26)29)8-12(9-23-15)17(28)25(2)10-11-6-4-5-7-14(11)19(20,21)22/h4-9H,3,10H2,1-2H3,(H,24,27,29). The molecule has 3 aromatic rings. The average Bonchev–Trinajstić information content (AvgIpc) is 2.67. The van der Waals surface area contributed by atoms with Crippen molar-refractivity contribution in [3.8, 4) is 0 Å². The lowest BCUT2D eigenvalue weighted by molar-refractivity contribution is -0.138. The maximum Gasteiger partial charge on any atom is 0.416 e. The molecule has 2 aromatic heterocycles. The first kappa shape index (κ1) is 20.3. The summed E-state index contributed by atoms with van der Waals surface area (Å²) < 4.78 is 40.7. The highest BCUT2D eigenvalue weighted by Crippen LogP contribution is 2.32. The Bertz CT molecular complexity index is 1200. The Morgan fingerprint density at radius 3 is 2.59 bits per heavy atom. The van der Waals surface area contributed by atoms with E-state index in [1.807, 2.05) is 0 Å². The molecule has 10 heteroatoms. The summed E-state index contributed by atoms with van der Waals surface area (Å²) in [4.78, 5) is 44.0. The number of halogens is 3. The van der Waals surface area contributed by atoms with Crippen molar-refractivity contribution in [2.24, 2.45) is 0 Å². The van der Waals surface area contributed by atoms with E-state index in [0.717, 1.165) is 11.0 Å². The molecule has 152 valence electrons. The SMILES string of the molecule is CCn1c(=O)[nH]c(=O)c2cc(C(=O)N(C)Cc3ccccc3C(F)(F)F)cnc21. The molecule has 7 nitrogen and oxygen atoms in total. The molecule has 0 saturated heterocycles. The molecule has 0 spiro atoms. The van der Waals surface area contributed by atoms with Gasteiger partial charge in [-0.05, 0) is 24.6 Å². The largest absolute Gasteiger partial charge is 0.416 e. The maximum atomic E-state index is 13.2. The van der Waals surface area contributed by atoms with Gasteiger partial charge in [-0.25, -0.2) is 9.78 Å². The Hall–Kier alpha value is -3.43. The van der Waals surface area contributed by atoms with Crippen molar-refractivity contribution >= 4 is 16.9 Å². The van der Waals surface area contributed by atoms with Crippen molar-refractivity contribution in [3.63, 3.8) is 0 Å². The molecule has 2 heterocycles. The molecule has 1 N–H and O–H groups in total. The predicted octanol–water partition coefficient (Wildman–Crippen LogP) is 2.40. The van der Waals surface area contributed by atoms with Crippen LogP contribution < -0.4 is 11.2 Å². The number of fused-ring (bicyclic) bond motifs is 1. The molecule has 0 bridgehead atoms. The highest BCUT2D eigenvalue weighted by Gasteiger charge is 2.33. The Labute approximate surface area is 162 Å². The van der Waals surface area contributed by atoms with Gasteiger partial charge in [0.15, 0.2) is 0 Å². The van der Waals surface area contributed by atoms with Crippen molar-refractivity contribution in [1.29, 1.82) is 0 Å². The monoisotopic (exact) mass is 406 g/mol. The van der Waals surface area contributed by atoms with Gasteiger partial charge in [0.2, 0.25) is 0 Å². The topological polar surface area (TPSA) is 88.1 Å². The summed E-state index contributed by atoms with van der Waals surface area (Å²) in [6.07, 6.45) is -3.34. The number of aromatic nitrogens is 3. The maximum absolute atomic E-state index is 13.2. The summed E-state index contributed by atoms with van der Waals surface area (Å²) in [5.74, 6) is -0.606. The zero-order valence-corrected chi connectivity index (χ0v) is 15.6. The minimum Gasteiger partial charge on any atom is -0.337 e. The van der Waals surface area contributed by atoms with Crippen molar-refractivity contribution < 1.29 is 18.0 Å². The fourth-order valence-corrected chi connectivity index (χ4v) is 3.06. The van der Waals surface area contributed by atoms with Crippen LogP contribution in [-0.4, -0.2) is 32.4 Å². The van der Waals surface area contributed by atoms with Crippen LogP contribution in [0.2, 0.25) is 0 Å². The lowest BCUT2D eigenvalue weighted by Gasteiger charge is -2.20. The first-order chi connectivity index (χ1) is 13.6. The molecule has 0 radical (unpaired) electrons. The quantitative estimate of drug-likeness (QED) is 0.721. The summed E-state index contributed by atoms with van der Waals surface area (Å²) in [5.41, 5.74) is -2.03. The molecule has 1 amide bonds. The van der Waals surface area contributed by atoms with Crippen LogP contribution in [0.1, 0.15) is 28.4 Å². The molecule has 0 aliphatic rings. The molecule has 0 fully saturated rings. The highest BCUT2D eigenvalue weighted by molar-refractivity contribution is 5.96. The number of carbonyl (C=O) groups excluding carboxylic acids is 1. The van der Waals surface area contributed by atoms with Crippen molar-refractivity contribution in [2.45, 2.75) is 26.2 Å². The van der Waals surface area contributed by atoms with E-state index in [4.69, 9.17) is 0 Å². The number of aromatic amines is 1. The van der Waals surface area contributed by atoms with Gasteiger partial charge in [-0.15, -0.1) is 0 Å². The van der Waals surface area contributed by atoms with E-state index in [-0.39, 0.29) is 35.2 Å². The number of nitrogens with one attached hydrogen (secondary N) is 1. The third-order valence-corrected chi connectivity index (χ3v) is 4.47. The van der Waals surface area contributed by atoms with E-state index in [1.165, 1.54) is 42.1 Å². The number of H-pyrrole nitrogens is 1. The fraction of sp³-hybridized carbons (Fsp3) is 0.263. The lowest BCUT2D eigenvalue weighted by atomic mass is 10.1. The summed E-state index contributed by atoms with van der Waals surface area (Å²) >= 11 is 0. The second-order valence-corrected chi connectivity index (χ2v) is 6.41. The van der Waals surface area contributed by atoms with Gasteiger partial charge in [0.25, 0.3) is 11.5 Å².